The van der Waals surface area contributed by atoms with Gasteiger partial charge in [-0.1, -0.05) is 39.0 Å². The monoisotopic (exact) mass is 278 g/mol. The lowest BCUT2D eigenvalue weighted by molar-refractivity contribution is -0.142. The van der Waals surface area contributed by atoms with Crippen molar-refractivity contribution in [1.29, 1.82) is 0 Å². The Morgan fingerprint density at radius 2 is 1.90 bits per heavy atom. The van der Waals surface area contributed by atoms with Gasteiger partial charge in [0, 0.05) is 5.56 Å². The van der Waals surface area contributed by atoms with E-state index >= 15 is 0 Å². The predicted octanol–water partition coefficient (Wildman–Crippen LogP) is 1.42. The number of aliphatic carboxylic acids is 1. The molecule has 0 heterocycles. The Hall–Kier alpha value is -1.88. The maximum absolute atomic E-state index is 12.3. The van der Waals surface area contributed by atoms with Gasteiger partial charge in [0.15, 0.2) is 0 Å². The molecule has 1 aromatic rings. The highest BCUT2D eigenvalue weighted by atomic mass is 16.4. The molecule has 0 bridgehead atoms. The molecule has 1 unspecified atom stereocenters. The van der Waals surface area contributed by atoms with Crippen LogP contribution in [0.2, 0.25) is 0 Å². The Morgan fingerprint density at radius 3 is 2.40 bits per heavy atom. The number of carboxylic acid groups (broad SMARTS) is 1. The lowest BCUT2D eigenvalue weighted by atomic mass is 9.86. The van der Waals surface area contributed by atoms with Gasteiger partial charge in [-0.3, -0.25) is 4.79 Å². The molecule has 20 heavy (non-hydrogen) atoms. The van der Waals surface area contributed by atoms with Crippen molar-refractivity contribution in [2.45, 2.75) is 33.2 Å². The Bertz CT molecular complexity index is 492. The van der Waals surface area contributed by atoms with E-state index < -0.39 is 17.4 Å². The number of carboxylic acids is 1. The maximum atomic E-state index is 12.3. The van der Waals surface area contributed by atoms with Crippen LogP contribution in [-0.2, 0) is 11.2 Å². The molecule has 0 radical (unpaired) electrons. The third-order valence-corrected chi connectivity index (χ3v) is 3.06. The van der Waals surface area contributed by atoms with Crippen molar-refractivity contribution in [3.8, 4) is 0 Å². The van der Waals surface area contributed by atoms with Crippen LogP contribution in [0.3, 0.4) is 0 Å². The third-order valence-electron chi connectivity index (χ3n) is 3.06. The first kappa shape index (κ1) is 16.2. The molecule has 0 saturated heterocycles. The van der Waals surface area contributed by atoms with Gasteiger partial charge in [0.25, 0.3) is 5.91 Å². The summed E-state index contributed by atoms with van der Waals surface area (Å²) in [6, 6.07) is 6.15. The zero-order valence-electron chi connectivity index (χ0n) is 12.1. The topological polar surface area (TPSA) is 92.4 Å². The lowest BCUT2D eigenvalue weighted by Gasteiger charge is -2.28. The van der Waals surface area contributed by atoms with E-state index in [1.807, 2.05) is 12.1 Å². The van der Waals surface area contributed by atoms with Crippen LogP contribution in [0.5, 0.6) is 0 Å². The minimum Gasteiger partial charge on any atom is -0.480 e. The molecule has 0 aliphatic carbocycles. The molecule has 0 saturated carbocycles. The largest absolute Gasteiger partial charge is 0.480 e. The molecule has 0 spiro atoms. The van der Waals surface area contributed by atoms with Gasteiger partial charge >= 0.3 is 5.97 Å². The van der Waals surface area contributed by atoms with Gasteiger partial charge in [-0.05, 0) is 30.0 Å². The van der Waals surface area contributed by atoms with Crippen LogP contribution >= 0.6 is 0 Å². The molecule has 1 amide bonds. The zero-order valence-corrected chi connectivity index (χ0v) is 12.1. The molecule has 5 nitrogen and oxygen atoms in total. The molecular formula is C15H22N2O3. The summed E-state index contributed by atoms with van der Waals surface area (Å²) < 4.78 is 0. The summed E-state index contributed by atoms with van der Waals surface area (Å²) in [5.74, 6) is -1.42. The lowest BCUT2D eigenvalue weighted by Crippen LogP contribution is -2.49. The number of carbonyl (C=O) groups is 2. The van der Waals surface area contributed by atoms with Crippen molar-refractivity contribution in [2.24, 2.45) is 11.1 Å². The molecule has 110 valence electrons. The Labute approximate surface area is 119 Å². The fourth-order valence-corrected chi connectivity index (χ4v) is 1.97. The van der Waals surface area contributed by atoms with E-state index in [0.29, 0.717) is 18.5 Å². The number of hydrogen-bond acceptors (Lipinski definition) is 3. The minimum absolute atomic E-state index is 0.378. The average molecular weight is 278 g/mol. The molecule has 1 rings (SSSR count). The summed E-state index contributed by atoms with van der Waals surface area (Å²) in [5.41, 5.74) is 6.26. The van der Waals surface area contributed by atoms with Crippen LogP contribution in [0.4, 0.5) is 0 Å². The second-order valence-electron chi connectivity index (χ2n) is 5.81. The fourth-order valence-electron chi connectivity index (χ4n) is 1.97. The second kappa shape index (κ2) is 6.52. The highest BCUT2D eigenvalue weighted by Crippen LogP contribution is 2.20. The van der Waals surface area contributed by atoms with Gasteiger partial charge < -0.3 is 16.2 Å². The highest BCUT2D eigenvalue weighted by molar-refractivity contribution is 5.98. The van der Waals surface area contributed by atoms with E-state index in [-0.39, 0.29) is 5.91 Å². The summed E-state index contributed by atoms with van der Waals surface area (Å²) in [6.45, 7) is 5.76. The van der Waals surface area contributed by atoms with E-state index in [1.165, 1.54) is 0 Å². The van der Waals surface area contributed by atoms with Crippen molar-refractivity contribution < 1.29 is 14.7 Å². The van der Waals surface area contributed by atoms with E-state index in [1.54, 1.807) is 32.9 Å². The van der Waals surface area contributed by atoms with Gasteiger partial charge in [0.2, 0.25) is 0 Å². The van der Waals surface area contributed by atoms with Crippen LogP contribution < -0.4 is 11.1 Å². The Kier molecular flexibility index (Phi) is 5.27. The fraction of sp³-hybridized carbons (Fsp3) is 0.467. The molecule has 0 fully saturated rings. The molecule has 1 aromatic carbocycles. The number of amides is 1. The smallest absolute Gasteiger partial charge is 0.326 e. The molecule has 4 N–H and O–H groups in total. The molecular weight excluding hydrogens is 256 g/mol. The second-order valence-corrected chi connectivity index (χ2v) is 5.81. The average Bonchev–Trinajstić information content (AvgIpc) is 2.35. The van der Waals surface area contributed by atoms with Gasteiger partial charge in [-0.2, -0.15) is 0 Å². The van der Waals surface area contributed by atoms with Crippen LogP contribution in [0.15, 0.2) is 24.3 Å². The number of carbonyl (C=O) groups excluding carboxylic acids is 1. The zero-order chi connectivity index (χ0) is 15.3. The molecule has 0 aliphatic rings. The predicted molar refractivity (Wildman–Crippen MR) is 77.5 cm³/mol. The van der Waals surface area contributed by atoms with E-state index in [9.17, 15) is 14.7 Å². The molecule has 0 aliphatic heterocycles. The summed E-state index contributed by atoms with van der Waals surface area (Å²) in [6.07, 6.45) is 0.580. The Morgan fingerprint density at radius 1 is 1.30 bits per heavy atom. The van der Waals surface area contributed by atoms with Crippen molar-refractivity contribution in [3.63, 3.8) is 0 Å². The third kappa shape index (κ3) is 4.06. The number of hydrogen-bond donors (Lipinski definition) is 3. The van der Waals surface area contributed by atoms with Crippen molar-refractivity contribution in [2.75, 3.05) is 6.54 Å². The van der Waals surface area contributed by atoms with Crippen molar-refractivity contribution in [3.05, 3.63) is 35.4 Å². The van der Waals surface area contributed by atoms with E-state index in [4.69, 9.17) is 5.73 Å². The van der Waals surface area contributed by atoms with Crippen LogP contribution in [0.1, 0.15) is 36.7 Å². The van der Waals surface area contributed by atoms with Crippen LogP contribution in [0.25, 0.3) is 0 Å². The Balaban J connectivity index is 2.98. The van der Waals surface area contributed by atoms with Gasteiger partial charge in [-0.25, -0.2) is 4.79 Å². The number of rotatable bonds is 5. The summed E-state index contributed by atoms with van der Waals surface area (Å²) in [4.78, 5) is 23.6. The number of nitrogens with one attached hydrogen (secondary N) is 1. The molecule has 0 aromatic heterocycles. The molecule has 5 heteroatoms. The van der Waals surface area contributed by atoms with Crippen LogP contribution in [-0.4, -0.2) is 29.6 Å². The number of nitrogens with two attached hydrogens (primary N) is 1. The SMILES string of the molecule is CC(C)(C)C(NC(=O)c1ccccc1CCN)C(=O)O. The maximum Gasteiger partial charge on any atom is 0.326 e. The van der Waals surface area contributed by atoms with Crippen LogP contribution in [0, 0.1) is 5.41 Å². The first-order chi connectivity index (χ1) is 9.27. The van der Waals surface area contributed by atoms with Gasteiger partial charge in [0.05, 0.1) is 0 Å². The van der Waals surface area contributed by atoms with Gasteiger partial charge in [-0.15, -0.1) is 0 Å². The van der Waals surface area contributed by atoms with Crippen molar-refractivity contribution >= 4 is 11.9 Å². The standard InChI is InChI=1S/C15H22N2O3/c1-15(2,3)12(14(19)20)17-13(18)11-7-5-4-6-10(11)8-9-16/h4-7,12H,8-9,16H2,1-3H3,(H,17,18)(H,19,20). The van der Waals surface area contributed by atoms with Gasteiger partial charge in [0.1, 0.15) is 6.04 Å². The summed E-state index contributed by atoms with van der Waals surface area (Å²) >= 11 is 0. The summed E-state index contributed by atoms with van der Waals surface area (Å²) in [7, 11) is 0. The minimum atomic E-state index is -1.04. The first-order valence-corrected chi connectivity index (χ1v) is 6.59. The van der Waals surface area contributed by atoms with E-state index in [0.717, 1.165) is 5.56 Å². The first-order valence-electron chi connectivity index (χ1n) is 6.59. The number of benzene rings is 1. The van der Waals surface area contributed by atoms with Crippen molar-refractivity contribution in [1.82, 2.24) is 5.32 Å². The summed E-state index contributed by atoms with van der Waals surface area (Å²) in [5, 5.41) is 11.8. The quantitative estimate of drug-likeness (QED) is 0.759. The highest BCUT2D eigenvalue weighted by Gasteiger charge is 2.33. The molecule has 1 atom stereocenters. The van der Waals surface area contributed by atoms with E-state index in [2.05, 4.69) is 5.32 Å². The normalized spacial score (nSPS) is 12.8.